The molecule has 3 rings (SSSR count). The van der Waals surface area contributed by atoms with Gasteiger partial charge in [-0.1, -0.05) is 55.4 Å². The Balaban J connectivity index is 1.68. The molecule has 0 spiro atoms. The van der Waals surface area contributed by atoms with E-state index in [1.54, 1.807) is 25.2 Å². The van der Waals surface area contributed by atoms with Gasteiger partial charge in [0.05, 0.1) is 5.69 Å². The van der Waals surface area contributed by atoms with Crippen molar-refractivity contribution in [3.63, 3.8) is 0 Å². The van der Waals surface area contributed by atoms with Crippen molar-refractivity contribution in [3.05, 3.63) is 58.6 Å². The van der Waals surface area contributed by atoms with Gasteiger partial charge in [0.1, 0.15) is 5.25 Å². The number of hydrogen-bond acceptors (Lipinski definition) is 4. The van der Waals surface area contributed by atoms with E-state index in [1.807, 2.05) is 31.2 Å². The highest BCUT2D eigenvalue weighted by Gasteiger charge is 2.37. The minimum atomic E-state index is -0.492. The molecule has 2 aromatic carbocycles. The first-order valence-corrected chi connectivity index (χ1v) is 10.7. The highest BCUT2D eigenvalue weighted by Crippen LogP contribution is 2.31. The molecular formula is C22H24ClN3O2S. The summed E-state index contributed by atoms with van der Waals surface area (Å²) in [5, 5.41) is 3.55. The molecule has 2 aromatic rings. The molecule has 1 atom stereocenters. The van der Waals surface area contributed by atoms with E-state index in [-0.39, 0.29) is 18.2 Å². The number of halogens is 1. The van der Waals surface area contributed by atoms with Crippen LogP contribution in [0.15, 0.2) is 47.5 Å². The van der Waals surface area contributed by atoms with Crippen LogP contribution in [0.5, 0.6) is 0 Å². The second-order valence-corrected chi connectivity index (χ2v) is 8.89. The largest absolute Gasteiger partial charge is 0.326 e. The van der Waals surface area contributed by atoms with Gasteiger partial charge in [-0.15, -0.1) is 0 Å². The zero-order valence-corrected chi connectivity index (χ0v) is 18.5. The predicted octanol–water partition coefficient (Wildman–Crippen LogP) is 5.36. The molecule has 0 bridgehead atoms. The summed E-state index contributed by atoms with van der Waals surface area (Å²) >= 11 is 7.42. The first kappa shape index (κ1) is 21.4. The van der Waals surface area contributed by atoms with Crippen LogP contribution < -0.4 is 5.32 Å². The van der Waals surface area contributed by atoms with E-state index >= 15 is 0 Å². The van der Waals surface area contributed by atoms with E-state index < -0.39 is 5.25 Å². The van der Waals surface area contributed by atoms with E-state index in [9.17, 15) is 9.59 Å². The van der Waals surface area contributed by atoms with Gasteiger partial charge in [-0.3, -0.25) is 14.5 Å². The maximum atomic E-state index is 12.6. The Kier molecular flexibility index (Phi) is 6.65. The minimum Gasteiger partial charge on any atom is -0.326 e. The quantitative estimate of drug-likeness (QED) is 0.695. The van der Waals surface area contributed by atoms with Gasteiger partial charge in [0.15, 0.2) is 5.17 Å². The van der Waals surface area contributed by atoms with Crippen LogP contribution in [0, 0.1) is 6.92 Å². The number of carbonyl (C=O) groups excluding carboxylic acids is 2. The lowest BCUT2D eigenvalue weighted by Crippen LogP contribution is -2.30. The van der Waals surface area contributed by atoms with Gasteiger partial charge in [-0.05, 0) is 48.2 Å². The number of thioether (sulfide) groups is 1. The standard InChI is InChI=1S/C22H24ClN3O2S/c1-13(2)15-8-10-16(11-9-15)24-22-26(4)21(28)19(29-22)12-20(27)25-18-7-5-6-17(23)14(18)3/h5-11,13,19H,12H2,1-4H3,(H,25,27)/t19-/m0/s1. The van der Waals surface area contributed by atoms with Crippen LogP contribution in [0.4, 0.5) is 11.4 Å². The summed E-state index contributed by atoms with van der Waals surface area (Å²) in [6, 6.07) is 13.3. The number of amidine groups is 1. The maximum absolute atomic E-state index is 12.6. The van der Waals surface area contributed by atoms with Crippen molar-refractivity contribution in [3.8, 4) is 0 Å². The number of benzene rings is 2. The van der Waals surface area contributed by atoms with Crippen LogP contribution in [0.1, 0.15) is 37.3 Å². The molecule has 1 N–H and O–H groups in total. The van der Waals surface area contributed by atoms with Gasteiger partial charge in [0, 0.05) is 24.2 Å². The lowest BCUT2D eigenvalue weighted by Gasteiger charge is -2.11. The Morgan fingerprint density at radius 1 is 1.24 bits per heavy atom. The molecule has 7 heteroatoms. The summed E-state index contributed by atoms with van der Waals surface area (Å²) < 4.78 is 0. The third kappa shape index (κ3) is 5.00. The summed E-state index contributed by atoms with van der Waals surface area (Å²) in [6.45, 7) is 6.12. The number of hydrogen-bond donors (Lipinski definition) is 1. The van der Waals surface area contributed by atoms with Crippen LogP contribution >= 0.6 is 23.4 Å². The molecule has 0 aromatic heterocycles. The number of anilines is 1. The van der Waals surface area contributed by atoms with E-state index in [0.717, 1.165) is 11.3 Å². The van der Waals surface area contributed by atoms with Crippen LogP contribution in [0.2, 0.25) is 5.02 Å². The number of carbonyl (C=O) groups is 2. The van der Waals surface area contributed by atoms with Crippen LogP contribution in [-0.2, 0) is 9.59 Å². The molecule has 1 aliphatic heterocycles. The zero-order chi connectivity index (χ0) is 21.1. The second kappa shape index (κ2) is 9.01. The van der Waals surface area contributed by atoms with E-state index in [4.69, 9.17) is 11.6 Å². The number of nitrogens with zero attached hydrogens (tertiary/aromatic N) is 2. The summed E-state index contributed by atoms with van der Waals surface area (Å²) in [4.78, 5) is 31.2. The van der Waals surface area contributed by atoms with Crippen molar-refractivity contribution in [2.45, 2.75) is 38.4 Å². The molecule has 2 amide bonds. The first-order chi connectivity index (χ1) is 13.8. The third-order valence-electron chi connectivity index (χ3n) is 4.84. The molecule has 152 valence electrons. The Morgan fingerprint density at radius 2 is 1.93 bits per heavy atom. The molecule has 1 heterocycles. The number of aliphatic imine (C=N–C) groups is 1. The molecule has 29 heavy (non-hydrogen) atoms. The SMILES string of the molecule is Cc1c(Cl)cccc1NC(=O)C[C@@H]1SC(=Nc2ccc(C(C)C)cc2)N(C)C1=O. The lowest BCUT2D eigenvalue weighted by molar-refractivity contribution is -0.127. The number of nitrogens with one attached hydrogen (secondary N) is 1. The fourth-order valence-electron chi connectivity index (χ4n) is 2.95. The van der Waals surface area contributed by atoms with Gasteiger partial charge in [0.25, 0.3) is 0 Å². The molecule has 1 fully saturated rings. The van der Waals surface area contributed by atoms with Crippen molar-refractivity contribution in [1.82, 2.24) is 4.90 Å². The minimum absolute atomic E-state index is 0.0745. The number of amides is 2. The smallest absolute Gasteiger partial charge is 0.242 e. The molecule has 1 saturated heterocycles. The Morgan fingerprint density at radius 3 is 2.59 bits per heavy atom. The van der Waals surface area contributed by atoms with Crippen molar-refractivity contribution in [1.29, 1.82) is 0 Å². The average Bonchev–Trinajstić information content (AvgIpc) is 2.93. The molecule has 0 unspecified atom stereocenters. The number of rotatable bonds is 5. The van der Waals surface area contributed by atoms with E-state index in [2.05, 4.69) is 24.2 Å². The summed E-state index contributed by atoms with van der Waals surface area (Å²) in [7, 11) is 1.69. The maximum Gasteiger partial charge on any atom is 0.242 e. The molecule has 5 nitrogen and oxygen atoms in total. The van der Waals surface area contributed by atoms with Crippen molar-refractivity contribution in [2.24, 2.45) is 4.99 Å². The van der Waals surface area contributed by atoms with Gasteiger partial charge < -0.3 is 5.32 Å². The molecule has 0 radical (unpaired) electrons. The lowest BCUT2D eigenvalue weighted by atomic mass is 10.0. The first-order valence-electron chi connectivity index (χ1n) is 9.44. The van der Waals surface area contributed by atoms with E-state index in [1.165, 1.54) is 22.2 Å². The van der Waals surface area contributed by atoms with Gasteiger partial charge in [-0.2, -0.15) is 0 Å². The third-order valence-corrected chi connectivity index (χ3v) is 6.48. The summed E-state index contributed by atoms with van der Waals surface area (Å²) in [6.07, 6.45) is 0.0745. The Hall–Kier alpha value is -2.31. The van der Waals surface area contributed by atoms with Gasteiger partial charge in [0.2, 0.25) is 11.8 Å². The second-order valence-electron chi connectivity index (χ2n) is 7.31. The van der Waals surface area contributed by atoms with Gasteiger partial charge in [-0.25, -0.2) is 4.99 Å². The van der Waals surface area contributed by atoms with Crippen LogP contribution in [0.3, 0.4) is 0 Å². The normalized spacial score (nSPS) is 18.0. The molecule has 1 aliphatic rings. The Bertz CT molecular complexity index is 957. The Labute approximate surface area is 180 Å². The van der Waals surface area contributed by atoms with E-state index in [0.29, 0.717) is 21.8 Å². The van der Waals surface area contributed by atoms with Crippen LogP contribution in [-0.4, -0.2) is 34.2 Å². The van der Waals surface area contributed by atoms with Crippen molar-refractivity contribution in [2.75, 3.05) is 12.4 Å². The van der Waals surface area contributed by atoms with Crippen molar-refractivity contribution < 1.29 is 9.59 Å². The molecule has 0 aliphatic carbocycles. The summed E-state index contributed by atoms with van der Waals surface area (Å²) in [5.74, 6) is 0.107. The van der Waals surface area contributed by atoms with Gasteiger partial charge >= 0.3 is 0 Å². The fourth-order valence-corrected chi connectivity index (χ4v) is 4.28. The molecule has 0 saturated carbocycles. The highest BCUT2D eigenvalue weighted by molar-refractivity contribution is 8.15. The highest BCUT2D eigenvalue weighted by atomic mass is 35.5. The average molecular weight is 430 g/mol. The topological polar surface area (TPSA) is 61.8 Å². The molecular weight excluding hydrogens is 406 g/mol. The summed E-state index contributed by atoms with van der Waals surface area (Å²) in [5.41, 5.74) is 3.49. The van der Waals surface area contributed by atoms with Crippen molar-refractivity contribution >= 4 is 51.7 Å². The predicted molar refractivity (Wildman–Crippen MR) is 121 cm³/mol. The zero-order valence-electron chi connectivity index (χ0n) is 16.9. The fraction of sp³-hybridized carbons (Fsp3) is 0.318. The van der Waals surface area contributed by atoms with Crippen LogP contribution in [0.25, 0.3) is 0 Å². The monoisotopic (exact) mass is 429 g/mol.